The van der Waals surface area contributed by atoms with Crippen molar-refractivity contribution in [1.82, 2.24) is 0 Å². The summed E-state index contributed by atoms with van der Waals surface area (Å²) in [7, 11) is 1.69. The first-order valence-electron chi connectivity index (χ1n) is 5.07. The van der Waals surface area contributed by atoms with E-state index in [1.54, 1.807) is 7.11 Å². The second-order valence-corrected chi connectivity index (χ2v) is 4.40. The zero-order valence-corrected chi connectivity index (χ0v) is 10.0. The van der Waals surface area contributed by atoms with E-state index in [4.69, 9.17) is 10.5 Å². The second-order valence-electron chi connectivity index (χ2n) is 4.40. The Morgan fingerprint density at radius 2 is 2.07 bits per heavy atom. The first-order valence-corrected chi connectivity index (χ1v) is 5.07. The molecule has 0 aromatic heterocycles. The number of rotatable bonds is 2. The Hall–Kier alpha value is -0.730. The lowest BCUT2D eigenvalue weighted by Crippen LogP contribution is -2.47. The van der Waals surface area contributed by atoms with Gasteiger partial charge < -0.3 is 10.5 Å². The summed E-state index contributed by atoms with van der Waals surface area (Å²) in [5.74, 6) is 1.65. The van der Waals surface area contributed by atoms with Crippen molar-refractivity contribution >= 4 is 12.4 Å². The average molecular weight is 228 g/mol. The number of hydrogen-bond acceptors (Lipinski definition) is 2. The lowest BCUT2D eigenvalue weighted by atomic mass is 9.66. The van der Waals surface area contributed by atoms with Gasteiger partial charge in [0.1, 0.15) is 5.75 Å². The van der Waals surface area contributed by atoms with Gasteiger partial charge in [0.05, 0.1) is 7.11 Å². The molecular formula is C12H18ClNO. The maximum absolute atomic E-state index is 6.28. The van der Waals surface area contributed by atoms with Gasteiger partial charge in [0.25, 0.3) is 0 Å². The molecule has 0 bridgehead atoms. The minimum absolute atomic E-state index is 0. The Bertz CT molecular complexity index is 334. The van der Waals surface area contributed by atoms with E-state index >= 15 is 0 Å². The van der Waals surface area contributed by atoms with Crippen LogP contribution in [0.25, 0.3) is 0 Å². The molecule has 1 aromatic rings. The fourth-order valence-electron chi connectivity index (χ4n) is 2.35. The Morgan fingerprint density at radius 1 is 1.40 bits per heavy atom. The summed E-state index contributed by atoms with van der Waals surface area (Å²) in [5.41, 5.74) is 7.38. The van der Waals surface area contributed by atoms with Crippen molar-refractivity contribution in [2.75, 3.05) is 7.11 Å². The normalized spacial score (nSPS) is 28.9. The molecule has 0 unspecified atom stereocenters. The highest BCUT2D eigenvalue weighted by Crippen LogP contribution is 2.43. The number of hydrogen-bond donors (Lipinski definition) is 1. The SMILES string of the molecule is COc1cccc(C2(N)CC(C)C2)c1.Cl. The first kappa shape index (κ1) is 12.3. The van der Waals surface area contributed by atoms with Crippen LogP contribution in [0, 0.1) is 5.92 Å². The van der Waals surface area contributed by atoms with Crippen LogP contribution in [0.4, 0.5) is 0 Å². The van der Waals surface area contributed by atoms with Crippen molar-refractivity contribution in [3.05, 3.63) is 29.8 Å². The fourth-order valence-corrected chi connectivity index (χ4v) is 2.35. The summed E-state index contributed by atoms with van der Waals surface area (Å²) in [5, 5.41) is 0. The Kier molecular flexibility index (Phi) is 3.63. The number of halogens is 1. The van der Waals surface area contributed by atoms with Gasteiger partial charge >= 0.3 is 0 Å². The largest absolute Gasteiger partial charge is 0.497 e. The molecule has 0 saturated heterocycles. The van der Waals surface area contributed by atoms with E-state index in [1.165, 1.54) is 5.56 Å². The Morgan fingerprint density at radius 3 is 2.60 bits per heavy atom. The van der Waals surface area contributed by atoms with E-state index in [9.17, 15) is 0 Å². The van der Waals surface area contributed by atoms with Gasteiger partial charge in [0.2, 0.25) is 0 Å². The molecule has 2 nitrogen and oxygen atoms in total. The first-order chi connectivity index (χ1) is 6.64. The van der Waals surface area contributed by atoms with Crippen LogP contribution in [0.3, 0.4) is 0 Å². The predicted octanol–water partition coefficient (Wildman–Crippen LogP) is 2.70. The van der Waals surface area contributed by atoms with Crippen LogP contribution in [-0.4, -0.2) is 7.11 Å². The van der Waals surface area contributed by atoms with E-state index in [2.05, 4.69) is 13.0 Å². The minimum Gasteiger partial charge on any atom is -0.497 e. The van der Waals surface area contributed by atoms with E-state index < -0.39 is 0 Å². The molecule has 1 aliphatic carbocycles. The third kappa shape index (κ3) is 2.27. The molecular weight excluding hydrogens is 210 g/mol. The van der Waals surface area contributed by atoms with Crippen molar-refractivity contribution in [1.29, 1.82) is 0 Å². The summed E-state index contributed by atoms with van der Waals surface area (Å²) >= 11 is 0. The van der Waals surface area contributed by atoms with Crippen LogP contribution in [-0.2, 0) is 5.54 Å². The lowest BCUT2D eigenvalue weighted by molar-refractivity contribution is 0.163. The molecule has 2 N–H and O–H groups in total. The molecule has 0 radical (unpaired) electrons. The van der Waals surface area contributed by atoms with E-state index in [0.29, 0.717) is 0 Å². The van der Waals surface area contributed by atoms with Gasteiger partial charge in [-0.25, -0.2) is 0 Å². The van der Waals surface area contributed by atoms with Crippen LogP contribution in [0.15, 0.2) is 24.3 Å². The molecule has 84 valence electrons. The fraction of sp³-hybridized carbons (Fsp3) is 0.500. The summed E-state index contributed by atoms with van der Waals surface area (Å²) < 4.78 is 5.19. The molecule has 15 heavy (non-hydrogen) atoms. The molecule has 1 aliphatic rings. The van der Waals surface area contributed by atoms with Crippen LogP contribution < -0.4 is 10.5 Å². The standard InChI is InChI=1S/C12H17NO.ClH/c1-9-7-12(13,8-9)10-4-3-5-11(6-10)14-2;/h3-6,9H,7-8,13H2,1-2H3;1H. The molecule has 0 aliphatic heterocycles. The highest BCUT2D eigenvalue weighted by molar-refractivity contribution is 5.85. The number of nitrogens with two attached hydrogens (primary N) is 1. The second kappa shape index (κ2) is 4.42. The molecule has 2 rings (SSSR count). The maximum Gasteiger partial charge on any atom is 0.119 e. The zero-order chi connectivity index (χ0) is 10.2. The smallest absolute Gasteiger partial charge is 0.119 e. The quantitative estimate of drug-likeness (QED) is 0.843. The van der Waals surface area contributed by atoms with Crippen LogP contribution in [0.1, 0.15) is 25.3 Å². The zero-order valence-electron chi connectivity index (χ0n) is 9.19. The number of methoxy groups -OCH3 is 1. The van der Waals surface area contributed by atoms with Crippen molar-refractivity contribution in [2.24, 2.45) is 11.7 Å². The molecule has 0 amide bonds. The van der Waals surface area contributed by atoms with Gasteiger partial charge in [-0.2, -0.15) is 0 Å². The molecule has 3 heteroatoms. The highest BCUT2D eigenvalue weighted by atomic mass is 35.5. The summed E-state index contributed by atoms with van der Waals surface area (Å²) in [6.45, 7) is 2.24. The van der Waals surface area contributed by atoms with Gasteiger partial charge in [-0.15, -0.1) is 12.4 Å². The molecule has 1 saturated carbocycles. The number of benzene rings is 1. The predicted molar refractivity (Wildman–Crippen MR) is 64.5 cm³/mol. The van der Waals surface area contributed by atoms with E-state index in [0.717, 1.165) is 24.5 Å². The van der Waals surface area contributed by atoms with Crippen LogP contribution >= 0.6 is 12.4 Å². The van der Waals surface area contributed by atoms with Crippen molar-refractivity contribution in [3.8, 4) is 5.75 Å². The van der Waals surface area contributed by atoms with Crippen molar-refractivity contribution in [3.63, 3.8) is 0 Å². The monoisotopic (exact) mass is 227 g/mol. The maximum atomic E-state index is 6.28. The summed E-state index contributed by atoms with van der Waals surface area (Å²) in [4.78, 5) is 0. The van der Waals surface area contributed by atoms with E-state index in [-0.39, 0.29) is 17.9 Å². The van der Waals surface area contributed by atoms with Gasteiger partial charge in [-0.05, 0) is 36.5 Å². The molecule has 1 fully saturated rings. The van der Waals surface area contributed by atoms with Gasteiger partial charge in [-0.1, -0.05) is 19.1 Å². The highest BCUT2D eigenvalue weighted by Gasteiger charge is 2.39. The molecule has 0 spiro atoms. The average Bonchev–Trinajstić information content (AvgIpc) is 2.16. The molecule has 0 heterocycles. The Labute approximate surface area is 97.2 Å². The van der Waals surface area contributed by atoms with Gasteiger partial charge in [0, 0.05) is 5.54 Å². The van der Waals surface area contributed by atoms with Crippen LogP contribution in [0.2, 0.25) is 0 Å². The topological polar surface area (TPSA) is 35.2 Å². The van der Waals surface area contributed by atoms with Crippen LogP contribution in [0.5, 0.6) is 5.75 Å². The summed E-state index contributed by atoms with van der Waals surface area (Å²) in [6, 6.07) is 8.10. The van der Waals surface area contributed by atoms with Crippen molar-refractivity contribution < 1.29 is 4.74 Å². The number of ether oxygens (including phenoxy) is 1. The summed E-state index contributed by atoms with van der Waals surface area (Å²) in [6.07, 6.45) is 2.17. The molecule has 0 atom stereocenters. The minimum atomic E-state index is -0.103. The van der Waals surface area contributed by atoms with E-state index in [1.807, 2.05) is 18.2 Å². The Balaban J connectivity index is 0.00000112. The third-order valence-corrected chi connectivity index (χ3v) is 3.07. The van der Waals surface area contributed by atoms with Crippen molar-refractivity contribution in [2.45, 2.75) is 25.3 Å². The van der Waals surface area contributed by atoms with Gasteiger partial charge in [0.15, 0.2) is 0 Å². The third-order valence-electron chi connectivity index (χ3n) is 3.07. The lowest BCUT2D eigenvalue weighted by Gasteiger charge is -2.44. The van der Waals surface area contributed by atoms with Gasteiger partial charge in [-0.3, -0.25) is 0 Å². The molecule has 1 aromatic carbocycles.